The number of hydrogen-bond acceptors (Lipinski definition) is 5. The molecule has 1 fully saturated rings. The van der Waals surface area contributed by atoms with Crippen LogP contribution in [0.5, 0.6) is 0 Å². The molecule has 1 saturated carbocycles. The first-order valence-corrected chi connectivity index (χ1v) is 7.83. The summed E-state index contributed by atoms with van der Waals surface area (Å²) in [5.41, 5.74) is 2.71. The van der Waals surface area contributed by atoms with Gasteiger partial charge in [0.25, 0.3) is 5.91 Å². The van der Waals surface area contributed by atoms with Gasteiger partial charge in [-0.1, -0.05) is 12.1 Å². The molecule has 3 aromatic rings. The molecule has 0 radical (unpaired) electrons. The summed E-state index contributed by atoms with van der Waals surface area (Å²) in [7, 11) is 0. The first-order chi connectivity index (χ1) is 11.6. The lowest BCUT2D eigenvalue weighted by molar-refractivity contribution is -0.00597. The van der Waals surface area contributed by atoms with Crippen molar-refractivity contribution in [1.82, 2.24) is 25.1 Å². The predicted molar refractivity (Wildman–Crippen MR) is 87.4 cm³/mol. The zero-order chi connectivity index (χ0) is 16.7. The highest BCUT2D eigenvalue weighted by atomic mass is 16.3. The van der Waals surface area contributed by atoms with Crippen molar-refractivity contribution in [3.05, 3.63) is 54.1 Å². The van der Waals surface area contributed by atoms with E-state index in [2.05, 4.69) is 20.4 Å². The summed E-state index contributed by atoms with van der Waals surface area (Å²) in [4.78, 5) is 21.1. The Bertz CT molecular complexity index is 907. The molecule has 1 aromatic carbocycles. The lowest BCUT2D eigenvalue weighted by atomic mass is 9.83. The van der Waals surface area contributed by atoms with Gasteiger partial charge in [-0.25, -0.2) is 4.98 Å². The van der Waals surface area contributed by atoms with Gasteiger partial charge in [0.1, 0.15) is 5.69 Å². The van der Waals surface area contributed by atoms with Crippen molar-refractivity contribution in [1.29, 1.82) is 0 Å². The van der Waals surface area contributed by atoms with Crippen molar-refractivity contribution in [2.45, 2.75) is 31.5 Å². The molecule has 24 heavy (non-hydrogen) atoms. The Balaban J connectivity index is 1.52. The van der Waals surface area contributed by atoms with Crippen molar-refractivity contribution in [3.63, 3.8) is 0 Å². The smallest absolute Gasteiger partial charge is 0.271 e. The van der Waals surface area contributed by atoms with E-state index < -0.39 is 6.10 Å². The lowest BCUT2D eigenvalue weighted by Crippen LogP contribution is -2.56. The van der Waals surface area contributed by atoms with Gasteiger partial charge >= 0.3 is 0 Å². The highest BCUT2D eigenvalue weighted by molar-refractivity contribution is 5.94. The third kappa shape index (κ3) is 2.52. The number of carbonyl (C=O) groups is 1. The molecule has 2 heterocycles. The second-order valence-electron chi connectivity index (χ2n) is 6.12. The number of hydrogen-bond donors (Lipinski definition) is 2. The van der Waals surface area contributed by atoms with Gasteiger partial charge in [-0.3, -0.25) is 14.5 Å². The van der Waals surface area contributed by atoms with E-state index in [-0.39, 0.29) is 23.7 Å². The molecule has 7 heteroatoms. The van der Waals surface area contributed by atoms with Crippen LogP contribution in [0.2, 0.25) is 0 Å². The monoisotopic (exact) mass is 323 g/mol. The van der Waals surface area contributed by atoms with E-state index in [9.17, 15) is 9.90 Å². The highest BCUT2D eigenvalue weighted by Crippen LogP contribution is 2.32. The van der Waals surface area contributed by atoms with Gasteiger partial charge in [-0.15, -0.1) is 0 Å². The molecular weight excluding hydrogens is 306 g/mol. The van der Waals surface area contributed by atoms with Gasteiger partial charge in [-0.05, 0) is 31.0 Å². The Morgan fingerprint density at radius 3 is 2.79 bits per heavy atom. The third-order valence-corrected chi connectivity index (χ3v) is 4.34. The van der Waals surface area contributed by atoms with Gasteiger partial charge in [0.05, 0.1) is 41.6 Å². The number of aliphatic hydroxyl groups excluding tert-OH is 1. The number of carbonyl (C=O) groups excluding carboxylic acids is 1. The van der Waals surface area contributed by atoms with Crippen LogP contribution in [0.15, 0.2) is 42.9 Å². The number of benzene rings is 1. The molecule has 0 spiro atoms. The Hall–Kier alpha value is -2.80. The number of fused-ring (bicyclic) bond motifs is 1. The maximum Gasteiger partial charge on any atom is 0.271 e. The number of aliphatic hydroxyl groups is 1. The van der Waals surface area contributed by atoms with E-state index in [1.807, 2.05) is 37.4 Å². The fourth-order valence-electron chi connectivity index (χ4n) is 3.02. The van der Waals surface area contributed by atoms with E-state index in [0.717, 1.165) is 11.1 Å². The quantitative estimate of drug-likeness (QED) is 0.756. The molecule has 0 saturated heterocycles. The van der Waals surface area contributed by atoms with Crippen LogP contribution in [0.3, 0.4) is 0 Å². The summed E-state index contributed by atoms with van der Waals surface area (Å²) in [5, 5.41) is 17.2. The van der Waals surface area contributed by atoms with Crippen LogP contribution >= 0.6 is 0 Å². The Kier molecular flexibility index (Phi) is 3.50. The minimum absolute atomic E-state index is 0.180. The lowest BCUT2D eigenvalue weighted by Gasteiger charge is -2.41. The van der Waals surface area contributed by atoms with Gasteiger partial charge in [-0.2, -0.15) is 5.10 Å². The molecule has 1 aliphatic carbocycles. The van der Waals surface area contributed by atoms with Gasteiger partial charge < -0.3 is 10.4 Å². The normalized spacial score (nSPS) is 23.0. The minimum atomic E-state index is -0.516. The van der Waals surface area contributed by atoms with Crippen molar-refractivity contribution < 1.29 is 9.90 Å². The number of nitrogens with one attached hydrogen (secondary N) is 1. The fourth-order valence-corrected chi connectivity index (χ4v) is 3.02. The van der Waals surface area contributed by atoms with Crippen LogP contribution in [0.25, 0.3) is 11.0 Å². The largest absolute Gasteiger partial charge is 0.391 e. The van der Waals surface area contributed by atoms with Crippen LogP contribution in [0.1, 0.15) is 28.5 Å². The number of aromatic nitrogens is 4. The summed E-state index contributed by atoms with van der Waals surface area (Å²) < 4.78 is 1.71. The molecule has 0 bridgehead atoms. The topological polar surface area (TPSA) is 92.9 Å². The average Bonchev–Trinajstić information content (AvgIpc) is 2.99. The highest BCUT2D eigenvalue weighted by Gasteiger charge is 2.43. The Morgan fingerprint density at radius 2 is 2.08 bits per heavy atom. The number of amides is 1. The summed E-state index contributed by atoms with van der Waals surface area (Å²) in [6, 6.07) is 6.97. The van der Waals surface area contributed by atoms with Crippen molar-refractivity contribution >= 4 is 16.9 Å². The SMILES string of the molecule is Cc1cnn([C@H]2[C@H](O)C[C@@H]2NC(=O)c2cnc3ccccc3n2)c1. The summed E-state index contributed by atoms with van der Waals surface area (Å²) >= 11 is 0. The molecule has 0 aliphatic heterocycles. The van der Waals surface area contributed by atoms with E-state index in [4.69, 9.17) is 0 Å². The van der Waals surface area contributed by atoms with Crippen LogP contribution in [-0.4, -0.2) is 42.9 Å². The molecule has 7 nitrogen and oxygen atoms in total. The third-order valence-electron chi connectivity index (χ3n) is 4.34. The fraction of sp³-hybridized carbons (Fsp3) is 0.294. The Labute approximate surface area is 138 Å². The van der Waals surface area contributed by atoms with Crippen molar-refractivity contribution in [2.75, 3.05) is 0 Å². The van der Waals surface area contributed by atoms with Gasteiger partial charge in [0.15, 0.2) is 0 Å². The number of nitrogens with zero attached hydrogens (tertiary/aromatic N) is 4. The molecule has 0 unspecified atom stereocenters. The van der Waals surface area contributed by atoms with E-state index in [0.29, 0.717) is 11.9 Å². The van der Waals surface area contributed by atoms with Gasteiger partial charge in [0, 0.05) is 6.20 Å². The maximum absolute atomic E-state index is 12.5. The molecule has 3 atom stereocenters. The zero-order valence-electron chi connectivity index (χ0n) is 13.1. The van der Waals surface area contributed by atoms with Crippen LogP contribution < -0.4 is 5.32 Å². The second-order valence-corrected chi connectivity index (χ2v) is 6.12. The Morgan fingerprint density at radius 1 is 1.29 bits per heavy atom. The van der Waals surface area contributed by atoms with Crippen LogP contribution in [0.4, 0.5) is 0 Å². The standard InChI is InChI=1S/C17H17N5O2/c1-10-7-19-22(9-10)16-13(6-15(16)23)21-17(24)14-8-18-11-4-2-3-5-12(11)20-14/h2-5,7-9,13,15-16,23H,6H2,1H3,(H,21,24)/t13-,15+,16+/m0/s1. The maximum atomic E-state index is 12.5. The summed E-state index contributed by atoms with van der Waals surface area (Å²) in [6.07, 6.45) is 5.05. The molecule has 1 aliphatic rings. The first-order valence-electron chi connectivity index (χ1n) is 7.83. The molecule has 4 rings (SSSR count). The molecule has 2 N–H and O–H groups in total. The number of para-hydroxylation sites is 2. The van der Waals surface area contributed by atoms with E-state index >= 15 is 0 Å². The molecule has 1 amide bonds. The van der Waals surface area contributed by atoms with Gasteiger partial charge in [0.2, 0.25) is 0 Å². The number of rotatable bonds is 3. The zero-order valence-corrected chi connectivity index (χ0v) is 13.1. The molecule has 2 aromatic heterocycles. The summed E-state index contributed by atoms with van der Waals surface area (Å²) in [5.74, 6) is -0.293. The van der Waals surface area contributed by atoms with Crippen molar-refractivity contribution in [2.24, 2.45) is 0 Å². The number of aryl methyl sites for hydroxylation is 1. The summed E-state index contributed by atoms with van der Waals surface area (Å²) in [6.45, 7) is 1.94. The first kappa shape index (κ1) is 14.8. The van der Waals surface area contributed by atoms with Crippen molar-refractivity contribution in [3.8, 4) is 0 Å². The second kappa shape index (κ2) is 5.68. The molecule has 122 valence electrons. The predicted octanol–water partition coefficient (Wildman–Crippen LogP) is 1.24. The van der Waals surface area contributed by atoms with E-state index in [1.54, 1.807) is 10.9 Å². The average molecular weight is 323 g/mol. The molecular formula is C17H17N5O2. The van der Waals surface area contributed by atoms with Crippen LogP contribution in [0, 0.1) is 6.92 Å². The van der Waals surface area contributed by atoms with E-state index in [1.165, 1.54) is 6.20 Å². The van der Waals surface area contributed by atoms with Crippen LogP contribution in [-0.2, 0) is 0 Å². The minimum Gasteiger partial charge on any atom is -0.391 e.